The number of hydrogen-bond acceptors (Lipinski definition) is 4. The van der Waals surface area contributed by atoms with Crippen LogP contribution in [0.25, 0.3) is 0 Å². The number of rotatable bonds is 2. The third-order valence-corrected chi connectivity index (χ3v) is 5.00. The Balaban J connectivity index is 1.64. The maximum absolute atomic E-state index is 5.44. The van der Waals surface area contributed by atoms with E-state index in [4.69, 9.17) is 4.74 Å². The van der Waals surface area contributed by atoms with Crippen LogP contribution in [0.4, 0.5) is 0 Å². The Labute approximate surface area is 118 Å². The van der Waals surface area contributed by atoms with Crippen LogP contribution < -0.4 is 5.32 Å². The predicted molar refractivity (Wildman–Crippen MR) is 78.5 cm³/mol. The summed E-state index contributed by atoms with van der Waals surface area (Å²) in [5, 5.41) is 4.66. The van der Waals surface area contributed by atoms with Gasteiger partial charge in [0.1, 0.15) is 0 Å². The minimum atomic E-state index is 0.223. The van der Waals surface area contributed by atoms with E-state index < -0.39 is 0 Å². The zero-order chi connectivity index (χ0) is 13.1. The van der Waals surface area contributed by atoms with Crippen LogP contribution in [0.15, 0.2) is 23.3 Å². The Morgan fingerprint density at radius 2 is 2.32 bits per heavy atom. The highest BCUT2D eigenvalue weighted by molar-refractivity contribution is 8.14. The van der Waals surface area contributed by atoms with Crippen LogP contribution in [-0.4, -0.2) is 34.7 Å². The van der Waals surface area contributed by atoms with Gasteiger partial charge in [-0.05, 0) is 31.4 Å². The van der Waals surface area contributed by atoms with Gasteiger partial charge in [-0.3, -0.25) is 9.98 Å². The van der Waals surface area contributed by atoms with Gasteiger partial charge >= 0.3 is 0 Å². The Bertz CT molecular complexity index is 483. The number of pyridine rings is 1. The quantitative estimate of drug-likeness (QED) is 0.899. The maximum Gasteiger partial charge on any atom is 0.157 e. The number of aryl methyl sites for hydroxylation is 1. The summed E-state index contributed by atoms with van der Waals surface area (Å²) in [6, 6.07) is 4.04. The second-order valence-corrected chi connectivity index (χ2v) is 6.16. The van der Waals surface area contributed by atoms with Crippen molar-refractivity contribution in [2.24, 2.45) is 4.99 Å². The van der Waals surface area contributed by atoms with Gasteiger partial charge in [-0.2, -0.15) is 0 Å². The standard InChI is InChI=1S/C14H19N3OS/c1-11-3-2-6-15-12(11)9-16-13-17-14(10-19-13)4-7-18-8-5-14/h2-3,6H,4-5,7-10H2,1H3,(H,16,17). The van der Waals surface area contributed by atoms with E-state index in [1.54, 1.807) is 0 Å². The molecule has 0 atom stereocenters. The van der Waals surface area contributed by atoms with Gasteiger partial charge < -0.3 is 10.1 Å². The van der Waals surface area contributed by atoms with E-state index in [2.05, 4.69) is 28.3 Å². The monoisotopic (exact) mass is 277 g/mol. The van der Waals surface area contributed by atoms with Crippen molar-refractivity contribution in [3.05, 3.63) is 29.6 Å². The molecule has 0 bridgehead atoms. The number of ether oxygens (including phenoxy) is 1. The van der Waals surface area contributed by atoms with Gasteiger partial charge in [-0.1, -0.05) is 17.8 Å². The summed E-state index contributed by atoms with van der Waals surface area (Å²) in [5.41, 5.74) is 2.49. The molecule has 1 N–H and O–H groups in total. The van der Waals surface area contributed by atoms with E-state index in [9.17, 15) is 0 Å². The van der Waals surface area contributed by atoms with Gasteiger partial charge in [0.2, 0.25) is 0 Å². The predicted octanol–water partition coefficient (Wildman–Crippen LogP) is 2.13. The fourth-order valence-electron chi connectivity index (χ4n) is 2.45. The Hall–Kier alpha value is -1.07. The van der Waals surface area contributed by atoms with E-state index in [-0.39, 0.29) is 5.54 Å². The molecule has 0 aromatic carbocycles. The summed E-state index contributed by atoms with van der Waals surface area (Å²) in [7, 11) is 0. The first-order valence-electron chi connectivity index (χ1n) is 6.71. The molecule has 4 nitrogen and oxygen atoms in total. The molecule has 0 radical (unpaired) electrons. The third kappa shape index (κ3) is 2.92. The largest absolute Gasteiger partial charge is 0.381 e. The summed E-state index contributed by atoms with van der Waals surface area (Å²) in [6.45, 7) is 4.46. The zero-order valence-electron chi connectivity index (χ0n) is 11.2. The van der Waals surface area contributed by atoms with Crippen LogP contribution in [0.5, 0.6) is 0 Å². The minimum absolute atomic E-state index is 0.223. The molecule has 1 spiro atoms. The number of amidine groups is 1. The molecule has 2 aliphatic heterocycles. The first kappa shape index (κ1) is 12.9. The van der Waals surface area contributed by atoms with Gasteiger partial charge in [0.05, 0.1) is 17.8 Å². The van der Waals surface area contributed by atoms with Gasteiger partial charge in [-0.25, -0.2) is 0 Å². The highest BCUT2D eigenvalue weighted by atomic mass is 32.2. The molecule has 1 aromatic rings. The number of nitrogens with zero attached hydrogens (tertiary/aromatic N) is 2. The van der Waals surface area contributed by atoms with Gasteiger partial charge in [0.25, 0.3) is 0 Å². The van der Waals surface area contributed by atoms with Gasteiger partial charge in [-0.15, -0.1) is 0 Å². The van der Waals surface area contributed by atoms with Crippen LogP contribution in [-0.2, 0) is 11.3 Å². The average molecular weight is 277 g/mol. The first-order valence-corrected chi connectivity index (χ1v) is 7.70. The maximum atomic E-state index is 5.44. The Morgan fingerprint density at radius 1 is 1.47 bits per heavy atom. The van der Waals surface area contributed by atoms with E-state index >= 15 is 0 Å². The van der Waals surface area contributed by atoms with Crippen LogP contribution >= 0.6 is 11.8 Å². The van der Waals surface area contributed by atoms with Crippen molar-refractivity contribution >= 4 is 16.9 Å². The van der Waals surface area contributed by atoms with Crippen molar-refractivity contribution in [1.29, 1.82) is 0 Å². The highest BCUT2D eigenvalue weighted by Gasteiger charge is 2.38. The Kier molecular flexibility index (Phi) is 3.75. The second-order valence-electron chi connectivity index (χ2n) is 5.19. The lowest BCUT2D eigenvalue weighted by atomic mass is 9.93. The molecule has 0 unspecified atom stereocenters. The molecule has 0 amide bonds. The SMILES string of the molecule is Cc1cccnc1CN=C1NC2(CCOCC2)CS1. The highest BCUT2D eigenvalue weighted by Crippen LogP contribution is 2.31. The molecule has 1 aromatic heterocycles. The average Bonchev–Trinajstić information content (AvgIpc) is 2.82. The summed E-state index contributed by atoms with van der Waals surface area (Å²) in [4.78, 5) is 9.05. The number of thioether (sulfide) groups is 1. The minimum Gasteiger partial charge on any atom is -0.381 e. The topological polar surface area (TPSA) is 46.5 Å². The zero-order valence-corrected chi connectivity index (χ0v) is 12.0. The molecule has 2 saturated heterocycles. The van der Waals surface area contributed by atoms with Crippen LogP contribution in [0, 0.1) is 6.92 Å². The lowest BCUT2D eigenvalue weighted by Crippen LogP contribution is -2.48. The van der Waals surface area contributed by atoms with Crippen LogP contribution in [0.2, 0.25) is 0 Å². The van der Waals surface area contributed by atoms with Crippen molar-refractivity contribution in [3.8, 4) is 0 Å². The fraction of sp³-hybridized carbons (Fsp3) is 0.571. The molecule has 0 saturated carbocycles. The normalized spacial score (nSPS) is 23.7. The summed E-state index contributed by atoms with van der Waals surface area (Å²) in [5.74, 6) is 1.11. The molecule has 5 heteroatoms. The molecule has 2 aliphatic rings. The fourth-order valence-corrected chi connectivity index (χ4v) is 3.67. The summed E-state index contributed by atoms with van der Waals surface area (Å²) >= 11 is 1.83. The van der Waals surface area contributed by atoms with Gasteiger partial charge in [0.15, 0.2) is 5.17 Å². The van der Waals surface area contributed by atoms with Gasteiger partial charge in [0, 0.05) is 25.2 Å². The summed E-state index contributed by atoms with van der Waals surface area (Å²) < 4.78 is 5.44. The molecule has 2 fully saturated rings. The van der Waals surface area contributed by atoms with E-state index in [1.165, 1.54) is 5.56 Å². The molecule has 3 heterocycles. The number of aliphatic imine (C=N–C) groups is 1. The summed E-state index contributed by atoms with van der Waals surface area (Å²) in [6.07, 6.45) is 4.00. The van der Waals surface area contributed by atoms with Crippen LogP contribution in [0.1, 0.15) is 24.1 Å². The number of aromatic nitrogens is 1. The lowest BCUT2D eigenvalue weighted by Gasteiger charge is -2.32. The van der Waals surface area contributed by atoms with Crippen molar-refractivity contribution < 1.29 is 4.74 Å². The molecule has 3 rings (SSSR count). The smallest absolute Gasteiger partial charge is 0.157 e. The third-order valence-electron chi connectivity index (χ3n) is 3.80. The van der Waals surface area contributed by atoms with Crippen molar-refractivity contribution in [1.82, 2.24) is 10.3 Å². The van der Waals surface area contributed by atoms with E-state index in [0.29, 0.717) is 6.54 Å². The van der Waals surface area contributed by atoms with E-state index in [1.807, 2.05) is 24.0 Å². The lowest BCUT2D eigenvalue weighted by molar-refractivity contribution is 0.0555. The molecule has 19 heavy (non-hydrogen) atoms. The molecule has 0 aliphatic carbocycles. The number of hydrogen-bond donors (Lipinski definition) is 1. The molecular formula is C14H19N3OS. The van der Waals surface area contributed by atoms with Crippen molar-refractivity contribution in [2.75, 3.05) is 19.0 Å². The Morgan fingerprint density at radius 3 is 3.11 bits per heavy atom. The number of nitrogens with one attached hydrogen (secondary N) is 1. The van der Waals surface area contributed by atoms with E-state index in [0.717, 1.165) is 42.7 Å². The second kappa shape index (κ2) is 5.51. The van der Waals surface area contributed by atoms with Crippen molar-refractivity contribution in [3.63, 3.8) is 0 Å². The van der Waals surface area contributed by atoms with Crippen LogP contribution in [0.3, 0.4) is 0 Å². The molecular weight excluding hydrogens is 258 g/mol. The molecule has 102 valence electrons. The first-order chi connectivity index (χ1) is 9.27. The van der Waals surface area contributed by atoms with Crippen molar-refractivity contribution in [2.45, 2.75) is 31.8 Å².